The standard InChI is InChI=1S/C14H20N2O2.ClH/c1-10-3-4-12(11(2)7-10)8-16-14(17)13-9-15-5-6-18-13;/h3-4,7,13,15H,5-6,8-9H2,1-2H3,(H,16,17);1H. The van der Waals surface area contributed by atoms with Gasteiger partial charge in [0, 0.05) is 19.6 Å². The fourth-order valence-electron chi connectivity index (χ4n) is 2.07. The summed E-state index contributed by atoms with van der Waals surface area (Å²) in [4.78, 5) is 11.9. The number of carbonyl (C=O) groups is 1. The zero-order chi connectivity index (χ0) is 13.0. The molecule has 0 bridgehead atoms. The van der Waals surface area contributed by atoms with E-state index in [1.807, 2.05) is 0 Å². The van der Waals surface area contributed by atoms with E-state index in [2.05, 4.69) is 42.7 Å². The second kappa shape index (κ2) is 7.48. The summed E-state index contributed by atoms with van der Waals surface area (Å²) in [5.41, 5.74) is 3.60. The second-order valence-electron chi connectivity index (χ2n) is 4.71. The van der Waals surface area contributed by atoms with Gasteiger partial charge in [-0.1, -0.05) is 23.8 Å². The fraction of sp³-hybridized carbons (Fsp3) is 0.500. The molecule has 5 heteroatoms. The maximum atomic E-state index is 11.9. The van der Waals surface area contributed by atoms with Gasteiger partial charge in [-0.15, -0.1) is 12.4 Å². The predicted molar refractivity (Wildman–Crippen MR) is 77.6 cm³/mol. The van der Waals surface area contributed by atoms with Gasteiger partial charge in [-0.05, 0) is 25.0 Å². The molecule has 0 spiro atoms. The Labute approximate surface area is 120 Å². The van der Waals surface area contributed by atoms with Crippen molar-refractivity contribution in [2.24, 2.45) is 0 Å². The van der Waals surface area contributed by atoms with Gasteiger partial charge in [-0.2, -0.15) is 0 Å². The van der Waals surface area contributed by atoms with Crippen molar-refractivity contribution in [3.63, 3.8) is 0 Å². The minimum atomic E-state index is -0.357. The number of halogens is 1. The number of amides is 1. The van der Waals surface area contributed by atoms with Gasteiger partial charge in [0.15, 0.2) is 0 Å². The Morgan fingerprint density at radius 1 is 1.47 bits per heavy atom. The van der Waals surface area contributed by atoms with Crippen molar-refractivity contribution in [3.8, 4) is 0 Å². The number of rotatable bonds is 3. The van der Waals surface area contributed by atoms with E-state index in [-0.39, 0.29) is 24.4 Å². The molecule has 1 heterocycles. The number of aryl methyl sites for hydroxylation is 2. The summed E-state index contributed by atoms with van der Waals surface area (Å²) in [5, 5.41) is 6.07. The fourth-order valence-corrected chi connectivity index (χ4v) is 2.07. The van der Waals surface area contributed by atoms with Crippen molar-refractivity contribution in [2.75, 3.05) is 19.7 Å². The van der Waals surface area contributed by atoms with E-state index in [1.54, 1.807) is 0 Å². The van der Waals surface area contributed by atoms with Crippen molar-refractivity contribution in [1.29, 1.82) is 0 Å². The van der Waals surface area contributed by atoms with Crippen LogP contribution >= 0.6 is 12.4 Å². The topological polar surface area (TPSA) is 50.4 Å². The summed E-state index contributed by atoms with van der Waals surface area (Å²) in [7, 11) is 0. The van der Waals surface area contributed by atoms with Gasteiger partial charge in [-0.3, -0.25) is 4.79 Å². The van der Waals surface area contributed by atoms with Crippen LogP contribution in [0.4, 0.5) is 0 Å². The number of hydrogen-bond acceptors (Lipinski definition) is 3. The first kappa shape index (κ1) is 16.0. The smallest absolute Gasteiger partial charge is 0.250 e. The number of morpholine rings is 1. The molecule has 106 valence electrons. The van der Waals surface area contributed by atoms with Crippen LogP contribution in [0, 0.1) is 13.8 Å². The van der Waals surface area contributed by atoms with Gasteiger partial charge in [-0.25, -0.2) is 0 Å². The lowest BCUT2D eigenvalue weighted by atomic mass is 10.1. The lowest BCUT2D eigenvalue weighted by Crippen LogP contribution is -2.47. The number of nitrogens with one attached hydrogen (secondary N) is 2. The van der Waals surface area contributed by atoms with Crippen LogP contribution in [0.15, 0.2) is 18.2 Å². The molecule has 0 aromatic heterocycles. The van der Waals surface area contributed by atoms with Crippen LogP contribution in [-0.4, -0.2) is 31.7 Å². The third kappa shape index (κ3) is 4.49. The van der Waals surface area contributed by atoms with Crippen LogP contribution in [0.25, 0.3) is 0 Å². The van der Waals surface area contributed by atoms with E-state index in [4.69, 9.17) is 4.74 Å². The summed E-state index contributed by atoms with van der Waals surface area (Å²) in [6.07, 6.45) is -0.357. The minimum absolute atomic E-state index is 0. The molecule has 1 saturated heterocycles. The summed E-state index contributed by atoms with van der Waals surface area (Å²) in [5.74, 6) is -0.0397. The molecule has 0 saturated carbocycles. The summed E-state index contributed by atoms with van der Waals surface area (Å²) in [6, 6.07) is 6.25. The molecule has 4 nitrogen and oxygen atoms in total. The van der Waals surface area contributed by atoms with Gasteiger partial charge in [0.2, 0.25) is 0 Å². The van der Waals surface area contributed by atoms with E-state index in [0.29, 0.717) is 19.7 Å². The zero-order valence-electron chi connectivity index (χ0n) is 11.4. The Balaban J connectivity index is 0.00000180. The second-order valence-corrected chi connectivity index (χ2v) is 4.71. The maximum absolute atomic E-state index is 11.9. The molecule has 1 atom stereocenters. The van der Waals surface area contributed by atoms with Gasteiger partial charge in [0.25, 0.3) is 5.91 Å². The Hall–Kier alpha value is -1.10. The molecule has 0 aliphatic carbocycles. The van der Waals surface area contributed by atoms with E-state index in [9.17, 15) is 4.79 Å². The predicted octanol–water partition coefficient (Wildman–Crippen LogP) is 1.33. The molecule has 1 aromatic rings. The maximum Gasteiger partial charge on any atom is 0.250 e. The van der Waals surface area contributed by atoms with Crippen LogP contribution in [0.1, 0.15) is 16.7 Å². The monoisotopic (exact) mass is 284 g/mol. The Bertz CT molecular complexity index is 431. The number of carbonyl (C=O) groups excluding carboxylic acids is 1. The first-order valence-electron chi connectivity index (χ1n) is 6.33. The summed E-state index contributed by atoms with van der Waals surface area (Å²) < 4.78 is 5.40. The lowest BCUT2D eigenvalue weighted by Gasteiger charge is -2.22. The third-order valence-corrected chi connectivity index (χ3v) is 3.17. The van der Waals surface area contributed by atoms with Crippen molar-refractivity contribution < 1.29 is 9.53 Å². The van der Waals surface area contributed by atoms with Gasteiger partial charge < -0.3 is 15.4 Å². The van der Waals surface area contributed by atoms with Crippen LogP contribution in [0.3, 0.4) is 0 Å². The molecule has 1 fully saturated rings. The van der Waals surface area contributed by atoms with Crippen molar-refractivity contribution >= 4 is 18.3 Å². The molecular formula is C14H21ClN2O2. The van der Waals surface area contributed by atoms with Gasteiger partial charge in [0.05, 0.1) is 6.61 Å². The van der Waals surface area contributed by atoms with Gasteiger partial charge in [0.1, 0.15) is 6.10 Å². The molecule has 1 amide bonds. The molecule has 0 radical (unpaired) electrons. The molecule has 2 N–H and O–H groups in total. The van der Waals surface area contributed by atoms with Crippen LogP contribution < -0.4 is 10.6 Å². The average molecular weight is 285 g/mol. The van der Waals surface area contributed by atoms with E-state index >= 15 is 0 Å². The molecule has 2 rings (SSSR count). The number of benzene rings is 1. The highest BCUT2D eigenvalue weighted by Gasteiger charge is 2.21. The summed E-state index contributed by atoms with van der Waals surface area (Å²) in [6.45, 7) is 6.70. The van der Waals surface area contributed by atoms with Crippen LogP contribution in [0.5, 0.6) is 0 Å². The molecule has 1 aromatic carbocycles. The first-order valence-corrected chi connectivity index (χ1v) is 6.33. The van der Waals surface area contributed by atoms with Gasteiger partial charge >= 0.3 is 0 Å². The highest BCUT2D eigenvalue weighted by Crippen LogP contribution is 2.10. The van der Waals surface area contributed by atoms with E-state index in [0.717, 1.165) is 12.1 Å². The normalized spacial score (nSPS) is 18.5. The highest BCUT2D eigenvalue weighted by atomic mass is 35.5. The number of hydrogen-bond donors (Lipinski definition) is 2. The lowest BCUT2D eigenvalue weighted by molar-refractivity contribution is -0.134. The van der Waals surface area contributed by atoms with Crippen LogP contribution in [0.2, 0.25) is 0 Å². The van der Waals surface area contributed by atoms with Crippen LogP contribution in [-0.2, 0) is 16.1 Å². The average Bonchev–Trinajstić information content (AvgIpc) is 2.38. The first-order chi connectivity index (χ1) is 8.66. The highest BCUT2D eigenvalue weighted by molar-refractivity contribution is 5.85. The van der Waals surface area contributed by atoms with Crippen molar-refractivity contribution in [1.82, 2.24) is 10.6 Å². The Morgan fingerprint density at radius 2 is 2.26 bits per heavy atom. The van der Waals surface area contributed by atoms with E-state index in [1.165, 1.54) is 11.1 Å². The van der Waals surface area contributed by atoms with Crippen molar-refractivity contribution in [2.45, 2.75) is 26.5 Å². The molecule has 19 heavy (non-hydrogen) atoms. The Kier molecular flexibility index (Phi) is 6.28. The zero-order valence-corrected chi connectivity index (χ0v) is 12.2. The largest absolute Gasteiger partial charge is 0.366 e. The SMILES string of the molecule is Cc1ccc(CNC(=O)C2CNCCO2)c(C)c1.Cl. The molecule has 1 aliphatic rings. The summed E-state index contributed by atoms with van der Waals surface area (Å²) >= 11 is 0. The minimum Gasteiger partial charge on any atom is -0.366 e. The third-order valence-electron chi connectivity index (χ3n) is 3.17. The number of ether oxygens (including phenoxy) is 1. The molecule has 1 unspecified atom stereocenters. The van der Waals surface area contributed by atoms with Crippen molar-refractivity contribution in [3.05, 3.63) is 34.9 Å². The quantitative estimate of drug-likeness (QED) is 0.880. The Morgan fingerprint density at radius 3 is 2.89 bits per heavy atom. The molecule has 1 aliphatic heterocycles. The molecular weight excluding hydrogens is 264 g/mol. The van der Waals surface area contributed by atoms with E-state index < -0.39 is 0 Å².